The van der Waals surface area contributed by atoms with Gasteiger partial charge in [0.2, 0.25) is 0 Å². The number of nitrogens with zero attached hydrogens (tertiary/aromatic N) is 3. The summed E-state index contributed by atoms with van der Waals surface area (Å²) in [5.41, 5.74) is 1.25. The molecule has 2 aromatic heterocycles. The molecule has 5 nitrogen and oxygen atoms in total. The Bertz CT molecular complexity index is 538. The Morgan fingerprint density at radius 3 is 3.06 bits per heavy atom. The topological polar surface area (TPSA) is 67.5 Å². The summed E-state index contributed by atoms with van der Waals surface area (Å²) in [4.78, 5) is 19.0. The lowest BCUT2D eigenvalue weighted by molar-refractivity contribution is -0.141. The van der Waals surface area contributed by atoms with E-state index in [-0.39, 0.29) is 0 Å². The second-order valence-electron chi connectivity index (χ2n) is 3.59. The molecule has 1 unspecified atom stereocenters. The van der Waals surface area contributed by atoms with Gasteiger partial charge in [-0.1, -0.05) is 18.5 Å². The SMILES string of the molecule is CC(Cc1nccn2c(Cl)cnc12)C(=O)O. The Morgan fingerprint density at radius 2 is 2.38 bits per heavy atom. The van der Waals surface area contributed by atoms with Gasteiger partial charge in [-0.05, 0) is 0 Å². The summed E-state index contributed by atoms with van der Waals surface area (Å²) < 4.78 is 1.68. The highest BCUT2D eigenvalue weighted by molar-refractivity contribution is 6.29. The third-order valence-electron chi connectivity index (χ3n) is 2.38. The van der Waals surface area contributed by atoms with Crippen molar-refractivity contribution in [2.45, 2.75) is 13.3 Å². The van der Waals surface area contributed by atoms with E-state index in [9.17, 15) is 4.79 Å². The molecule has 0 saturated heterocycles. The van der Waals surface area contributed by atoms with Crippen molar-refractivity contribution >= 4 is 23.2 Å². The number of aliphatic carboxylic acids is 1. The third-order valence-corrected chi connectivity index (χ3v) is 2.66. The minimum atomic E-state index is -0.846. The van der Waals surface area contributed by atoms with Gasteiger partial charge in [0.1, 0.15) is 5.15 Å². The average molecular weight is 240 g/mol. The highest BCUT2D eigenvalue weighted by Gasteiger charge is 2.15. The van der Waals surface area contributed by atoms with Crippen molar-refractivity contribution < 1.29 is 9.90 Å². The second kappa shape index (κ2) is 4.09. The molecule has 0 aromatic carbocycles. The molecular formula is C10H10ClN3O2. The summed E-state index contributed by atoms with van der Waals surface area (Å²) in [6.45, 7) is 1.64. The van der Waals surface area contributed by atoms with E-state index in [0.29, 0.717) is 22.9 Å². The minimum absolute atomic E-state index is 0.340. The van der Waals surface area contributed by atoms with Crippen LogP contribution in [0.5, 0.6) is 0 Å². The number of carboxylic acids is 1. The van der Waals surface area contributed by atoms with E-state index in [1.807, 2.05) is 0 Å². The molecule has 6 heteroatoms. The maximum atomic E-state index is 10.8. The van der Waals surface area contributed by atoms with Gasteiger partial charge in [0.25, 0.3) is 0 Å². The fourth-order valence-electron chi connectivity index (χ4n) is 1.46. The van der Waals surface area contributed by atoms with Gasteiger partial charge in [-0.25, -0.2) is 4.98 Å². The van der Waals surface area contributed by atoms with Crippen LogP contribution >= 0.6 is 11.6 Å². The predicted molar refractivity (Wildman–Crippen MR) is 58.5 cm³/mol. The molecular weight excluding hydrogens is 230 g/mol. The van der Waals surface area contributed by atoms with Gasteiger partial charge in [0.15, 0.2) is 5.65 Å². The van der Waals surface area contributed by atoms with Crippen molar-refractivity contribution in [1.29, 1.82) is 0 Å². The molecule has 0 aliphatic rings. The molecule has 2 rings (SSSR count). The minimum Gasteiger partial charge on any atom is -0.481 e. The zero-order chi connectivity index (χ0) is 11.7. The summed E-state index contributed by atoms with van der Waals surface area (Å²) in [6.07, 6.45) is 5.14. The van der Waals surface area contributed by atoms with Gasteiger partial charge in [-0.3, -0.25) is 14.2 Å². The first-order valence-corrected chi connectivity index (χ1v) is 5.16. The summed E-state index contributed by atoms with van der Waals surface area (Å²) in [5.74, 6) is -1.34. The molecule has 1 N–H and O–H groups in total. The van der Waals surface area contributed by atoms with Gasteiger partial charge in [0, 0.05) is 18.8 Å². The molecule has 16 heavy (non-hydrogen) atoms. The van der Waals surface area contributed by atoms with Gasteiger partial charge < -0.3 is 5.11 Å². The lowest BCUT2D eigenvalue weighted by atomic mass is 10.1. The van der Waals surface area contributed by atoms with Crippen LogP contribution in [0.15, 0.2) is 18.6 Å². The highest BCUT2D eigenvalue weighted by atomic mass is 35.5. The Morgan fingerprint density at radius 1 is 1.62 bits per heavy atom. The number of rotatable bonds is 3. The number of hydrogen-bond donors (Lipinski definition) is 1. The van der Waals surface area contributed by atoms with Gasteiger partial charge >= 0.3 is 5.97 Å². The Labute approximate surface area is 96.7 Å². The number of halogens is 1. The molecule has 0 aliphatic heterocycles. The van der Waals surface area contributed by atoms with Crippen molar-refractivity contribution in [3.63, 3.8) is 0 Å². The van der Waals surface area contributed by atoms with E-state index >= 15 is 0 Å². The Balaban J connectivity index is 2.41. The van der Waals surface area contributed by atoms with E-state index in [2.05, 4.69) is 9.97 Å². The first-order chi connectivity index (χ1) is 7.59. The van der Waals surface area contributed by atoms with Crippen LogP contribution in [0.4, 0.5) is 0 Å². The van der Waals surface area contributed by atoms with Crippen molar-refractivity contribution in [2.24, 2.45) is 5.92 Å². The number of carbonyl (C=O) groups is 1. The molecule has 0 fully saturated rings. The average Bonchev–Trinajstić information content (AvgIpc) is 2.62. The molecule has 1 atom stereocenters. The molecule has 0 radical (unpaired) electrons. The maximum absolute atomic E-state index is 10.8. The normalized spacial score (nSPS) is 12.9. The van der Waals surface area contributed by atoms with E-state index in [4.69, 9.17) is 16.7 Å². The molecule has 0 spiro atoms. The number of hydrogen-bond acceptors (Lipinski definition) is 3. The van der Waals surface area contributed by atoms with Crippen LogP contribution in [0, 0.1) is 5.92 Å². The molecule has 84 valence electrons. The third kappa shape index (κ3) is 1.86. The van der Waals surface area contributed by atoms with Gasteiger partial charge in [-0.2, -0.15) is 0 Å². The zero-order valence-corrected chi connectivity index (χ0v) is 9.35. The summed E-state index contributed by atoms with van der Waals surface area (Å²) in [7, 11) is 0. The molecule has 2 aromatic rings. The first kappa shape index (κ1) is 10.9. The van der Waals surface area contributed by atoms with Gasteiger partial charge in [0.05, 0.1) is 17.8 Å². The van der Waals surface area contributed by atoms with Crippen LogP contribution in [0.3, 0.4) is 0 Å². The van der Waals surface area contributed by atoms with Crippen LogP contribution in [-0.2, 0) is 11.2 Å². The number of fused-ring (bicyclic) bond motifs is 1. The van der Waals surface area contributed by atoms with Crippen molar-refractivity contribution in [3.05, 3.63) is 29.4 Å². The first-order valence-electron chi connectivity index (χ1n) is 4.79. The lowest BCUT2D eigenvalue weighted by Crippen LogP contribution is -2.13. The van der Waals surface area contributed by atoms with Crippen LogP contribution < -0.4 is 0 Å². The Hall–Kier alpha value is -1.62. The van der Waals surface area contributed by atoms with Crippen molar-refractivity contribution in [1.82, 2.24) is 14.4 Å². The summed E-state index contributed by atoms with van der Waals surface area (Å²) in [5, 5.41) is 9.33. The van der Waals surface area contributed by atoms with Crippen molar-refractivity contribution in [2.75, 3.05) is 0 Å². The second-order valence-corrected chi connectivity index (χ2v) is 3.98. The fourth-order valence-corrected chi connectivity index (χ4v) is 1.65. The van der Waals surface area contributed by atoms with E-state index in [0.717, 1.165) is 0 Å². The highest BCUT2D eigenvalue weighted by Crippen LogP contribution is 2.16. The van der Waals surface area contributed by atoms with Crippen molar-refractivity contribution in [3.8, 4) is 0 Å². The summed E-state index contributed by atoms with van der Waals surface area (Å²) >= 11 is 5.90. The molecule has 0 aliphatic carbocycles. The molecule has 0 amide bonds. The fraction of sp³-hybridized carbons (Fsp3) is 0.300. The van der Waals surface area contributed by atoms with Crippen LogP contribution in [-0.4, -0.2) is 25.4 Å². The van der Waals surface area contributed by atoms with Crippen LogP contribution in [0.25, 0.3) is 5.65 Å². The van der Waals surface area contributed by atoms with Crippen LogP contribution in [0.2, 0.25) is 5.15 Å². The molecule has 0 bridgehead atoms. The number of aromatic nitrogens is 3. The monoisotopic (exact) mass is 239 g/mol. The summed E-state index contributed by atoms with van der Waals surface area (Å²) in [6, 6.07) is 0. The van der Waals surface area contributed by atoms with Gasteiger partial charge in [-0.15, -0.1) is 0 Å². The zero-order valence-electron chi connectivity index (χ0n) is 8.59. The standard InChI is InChI=1S/C10H10ClN3O2/c1-6(10(15)16)4-7-9-13-5-8(11)14(9)3-2-12-7/h2-3,5-6H,4H2,1H3,(H,15,16). The maximum Gasteiger partial charge on any atom is 0.306 e. The van der Waals surface area contributed by atoms with E-state index in [1.54, 1.807) is 23.7 Å². The molecule has 0 saturated carbocycles. The Kier molecular flexibility index (Phi) is 2.78. The van der Waals surface area contributed by atoms with E-state index < -0.39 is 11.9 Å². The molecule has 2 heterocycles. The number of carboxylic acid groups (broad SMARTS) is 1. The number of imidazole rings is 1. The largest absolute Gasteiger partial charge is 0.481 e. The lowest BCUT2D eigenvalue weighted by Gasteiger charge is -2.06. The smallest absolute Gasteiger partial charge is 0.306 e. The predicted octanol–water partition coefficient (Wildman–Crippen LogP) is 1.65. The van der Waals surface area contributed by atoms with Crippen LogP contribution in [0.1, 0.15) is 12.6 Å². The quantitative estimate of drug-likeness (QED) is 0.884. The van der Waals surface area contributed by atoms with E-state index in [1.165, 1.54) is 6.20 Å².